The summed E-state index contributed by atoms with van der Waals surface area (Å²) in [6.45, 7) is 3.38. The number of aryl methyl sites for hydroxylation is 1. The van der Waals surface area contributed by atoms with Gasteiger partial charge in [0, 0.05) is 0 Å². The highest BCUT2D eigenvalue weighted by molar-refractivity contribution is 7.91. The molecule has 0 saturated heterocycles. The second-order valence-corrected chi connectivity index (χ2v) is 7.94. The van der Waals surface area contributed by atoms with E-state index in [0.29, 0.717) is 5.56 Å². The number of aromatic nitrogens is 2. The third-order valence-corrected chi connectivity index (χ3v) is 5.56. The van der Waals surface area contributed by atoms with Crippen molar-refractivity contribution in [1.82, 2.24) is 9.97 Å². The molecule has 2 aromatic rings. The van der Waals surface area contributed by atoms with E-state index in [-0.39, 0.29) is 27.5 Å². The van der Waals surface area contributed by atoms with Crippen molar-refractivity contribution in [2.45, 2.75) is 19.6 Å². The summed E-state index contributed by atoms with van der Waals surface area (Å²) >= 11 is 0.911. The van der Waals surface area contributed by atoms with Crippen LogP contribution in [0, 0.1) is 6.92 Å². The lowest BCUT2D eigenvalue weighted by Gasteiger charge is -2.04. The number of hydrogen-bond acceptors (Lipinski definition) is 9. The van der Waals surface area contributed by atoms with Crippen LogP contribution in [0.15, 0.2) is 4.79 Å². The maximum absolute atomic E-state index is 12.2. The average molecular weight is 373 g/mol. The highest BCUT2D eigenvalue weighted by Gasteiger charge is 2.21. The Bertz CT molecular complexity index is 972. The molecule has 130 valence electrons. The van der Waals surface area contributed by atoms with Gasteiger partial charge < -0.3 is 19.6 Å². The molecule has 2 rings (SSSR count). The SMILES string of the molecule is CCOC(=O)c1sc2nc(CS(=O)(=O)CC(=O)[O-])[nH]c(=O)c2c1C. The van der Waals surface area contributed by atoms with Gasteiger partial charge in [0.05, 0.1) is 23.7 Å². The Kier molecular flexibility index (Phi) is 5.04. The Morgan fingerprint density at radius 2 is 2.04 bits per heavy atom. The maximum Gasteiger partial charge on any atom is 0.348 e. The molecule has 0 aliphatic heterocycles. The normalized spacial score (nSPS) is 11.6. The van der Waals surface area contributed by atoms with Crippen LogP contribution in [0.5, 0.6) is 0 Å². The predicted octanol–water partition coefficient (Wildman–Crippen LogP) is -0.866. The zero-order valence-corrected chi connectivity index (χ0v) is 14.4. The molecule has 24 heavy (non-hydrogen) atoms. The molecule has 1 N–H and O–H groups in total. The van der Waals surface area contributed by atoms with Gasteiger partial charge in [0.1, 0.15) is 21.3 Å². The minimum absolute atomic E-state index is 0.170. The lowest BCUT2D eigenvalue weighted by Crippen LogP contribution is -2.31. The van der Waals surface area contributed by atoms with Gasteiger partial charge in [-0.1, -0.05) is 0 Å². The Morgan fingerprint density at radius 3 is 2.62 bits per heavy atom. The van der Waals surface area contributed by atoms with Crippen molar-refractivity contribution in [3.05, 3.63) is 26.6 Å². The Labute approximate surface area is 140 Å². The molecule has 2 aromatic heterocycles. The van der Waals surface area contributed by atoms with E-state index in [1.807, 2.05) is 0 Å². The summed E-state index contributed by atoms with van der Waals surface area (Å²) in [5, 5.41) is 10.6. The van der Waals surface area contributed by atoms with E-state index in [0.717, 1.165) is 11.3 Å². The summed E-state index contributed by atoms with van der Waals surface area (Å²) in [4.78, 5) is 41.2. The number of nitrogens with zero attached hydrogens (tertiary/aromatic N) is 1. The third kappa shape index (κ3) is 3.79. The van der Waals surface area contributed by atoms with Crippen LogP contribution in [-0.4, -0.2) is 42.7 Å². The van der Waals surface area contributed by atoms with E-state index in [2.05, 4.69) is 9.97 Å². The van der Waals surface area contributed by atoms with Gasteiger partial charge in [-0.15, -0.1) is 11.3 Å². The number of carboxylic acid groups (broad SMARTS) is 1. The topological polar surface area (TPSA) is 146 Å². The molecule has 0 aliphatic rings. The van der Waals surface area contributed by atoms with Crippen LogP contribution in [0.1, 0.15) is 28.0 Å². The van der Waals surface area contributed by atoms with Gasteiger partial charge in [-0.2, -0.15) is 0 Å². The molecule has 0 aliphatic carbocycles. The van der Waals surface area contributed by atoms with Crippen LogP contribution in [0.2, 0.25) is 0 Å². The molecule has 0 radical (unpaired) electrons. The zero-order chi connectivity index (χ0) is 18.1. The summed E-state index contributed by atoms with van der Waals surface area (Å²) in [6.07, 6.45) is 0. The highest BCUT2D eigenvalue weighted by Crippen LogP contribution is 2.27. The molecule has 0 unspecified atom stereocenters. The minimum Gasteiger partial charge on any atom is -0.549 e. The number of hydrogen-bond donors (Lipinski definition) is 1. The molecule has 0 fully saturated rings. The fourth-order valence-corrected chi connectivity index (χ4v) is 4.20. The first-order valence-corrected chi connectivity index (χ1v) is 9.38. The number of aliphatic carboxylic acids is 1. The fourth-order valence-electron chi connectivity index (χ4n) is 2.09. The number of aromatic amines is 1. The first-order chi connectivity index (χ1) is 11.1. The molecule has 0 bridgehead atoms. The number of carbonyl (C=O) groups excluding carboxylic acids is 2. The number of carbonyl (C=O) groups is 2. The Morgan fingerprint density at radius 1 is 1.38 bits per heavy atom. The number of carboxylic acids is 1. The molecule has 11 heteroatoms. The third-order valence-electron chi connectivity index (χ3n) is 3.00. The van der Waals surface area contributed by atoms with Crippen LogP contribution >= 0.6 is 11.3 Å². The number of nitrogens with one attached hydrogen (secondary N) is 1. The van der Waals surface area contributed by atoms with E-state index in [4.69, 9.17) is 4.74 Å². The summed E-state index contributed by atoms with van der Waals surface area (Å²) in [5.41, 5.74) is -0.214. The standard InChI is InChI=1S/C13H14N2O7S2/c1-3-22-13(19)10-6(2)9-11(18)14-7(15-12(9)23-10)4-24(20,21)5-8(16)17/h3-5H2,1-2H3,(H,16,17)(H,14,15,18)/p-1. The lowest BCUT2D eigenvalue weighted by atomic mass is 10.2. The van der Waals surface area contributed by atoms with Crippen LogP contribution in [-0.2, 0) is 25.1 Å². The van der Waals surface area contributed by atoms with Crippen molar-refractivity contribution in [3.8, 4) is 0 Å². The molecule has 0 spiro atoms. The second kappa shape index (κ2) is 6.69. The van der Waals surface area contributed by atoms with Gasteiger partial charge in [-0.05, 0) is 19.4 Å². The van der Waals surface area contributed by atoms with Crippen molar-refractivity contribution in [1.29, 1.82) is 0 Å². The fraction of sp³-hybridized carbons (Fsp3) is 0.385. The lowest BCUT2D eigenvalue weighted by molar-refractivity contribution is -0.301. The molecule has 2 heterocycles. The van der Waals surface area contributed by atoms with E-state index in [1.165, 1.54) is 0 Å². The Balaban J connectivity index is 2.49. The van der Waals surface area contributed by atoms with E-state index in [1.54, 1.807) is 13.8 Å². The summed E-state index contributed by atoms with van der Waals surface area (Å²) in [7, 11) is -4.03. The number of thiophene rings is 1. The van der Waals surface area contributed by atoms with Crippen LogP contribution in [0.25, 0.3) is 10.2 Å². The maximum atomic E-state index is 12.2. The van der Waals surface area contributed by atoms with Gasteiger partial charge in [-0.3, -0.25) is 4.79 Å². The minimum atomic E-state index is -4.03. The number of ether oxygens (including phenoxy) is 1. The average Bonchev–Trinajstić information content (AvgIpc) is 2.74. The number of H-pyrrole nitrogens is 1. The Hall–Kier alpha value is -2.27. The quantitative estimate of drug-likeness (QED) is 0.643. The van der Waals surface area contributed by atoms with Crippen molar-refractivity contribution in [3.63, 3.8) is 0 Å². The van der Waals surface area contributed by atoms with Gasteiger partial charge >= 0.3 is 5.97 Å². The van der Waals surface area contributed by atoms with E-state index in [9.17, 15) is 27.9 Å². The molecular formula is C13H13N2O7S2-. The molecule has 0 aromatic carbocycles. The van der Waals surface area contributed by atoms with E-state index < -0.39 is 38.8 Å². The van der Waals surface area contributed by atoms with Crippen molar-refractivity contribution >= 4 is 43.3 Å². The molecule has 0 atom stereocenters. The predicted molar refractivity (Wildman–Crippen MR) is 83.4 cm³/mol. The molecule has 0 amide bonds. The summed E-state index contributed by atoms with van der Waals surface area (Å²) < 4.78 is 28.2. The molecule has 9 nitrogen and oxygen atoms in total. The van der Waals surface area contributed by atoms with Crippen molar-refractivity contribution < 1.29 is 27.9 Å². The monoisotopic (exact) mass is 373 g/mol. The summed E-state index contributed by atoms with van der Waals surface area (Å²) in [5.74, 6) is -4.46. The van der Waals surface area contributed by atoms with Gasteiger partial charge in [0.15, 0.2) is 9.84 Å². The first-order valence-electron chi connectivity index (χ1n) is 6.74. The number of fused-ring (bicyclic) bond motifs is 1. The zero-order valence-electron chi connectivity index (χ0n) is 12.7. The summed E-state index contributed by atoms with van der Waals surface area (Å²) in [6, 6.07) is 0. The number of sulfone groups is 1. The number of esters is 1. The van der Waals surface area contributed by atoms with Crippen LogP contribution < -0.4 is 10.7 Å². The van der Waals surface area contributed by atoms with Crippen LogP contribution in [0.4, 0.5) is 0 Å². The number of rotatable bonds is 6. The smallest absolute Gasteiger partial charge is 0.348 e. The van der Waals surface area contributed by atoms with Crippen molar-refractivity contribution in [2.75, 3.05) is 12.4 Å². The first kappa shape index (κ1) is 18.1. The second-order valence-electron chi connectivity index (χ2n) is 4.87. The van der Waals surface area contributed by atoms with E-state index >= 15 is 0 Å². The highest BCUT2D eigenvalue weighted by atomic mass is 32.2. The largest absolute Gasteiger partial charge is 0.549 e. The van der Waals surface area contributed by atoms with Crippen LogP contribution in [0.3, 0.4) is 0 Å². The van der Waals surface area contributed by atoms with Gasteiger partial charge in [0.2, 0.25) is 0 Å². The van der Waals surface area contributed by atoms with Gasteiger partial charge in [-0.25, -0.2) is 18.2 Å². The van der Waals surface area contributed by atoms with Gasteiger partial charge in [0.25, 0.3) is 5.56 Å². The molecular weight excluding hydrogens is 360 g/mol. The van der Waals surface area contributed by atoms with Crippen molar-refractivity contribution in [2.24, 2.45) is 0 Å². The molecule has 0 saturated carbocycles.